The predicted molar refractivity (Wildman–Crippen MR) is 220 cm³/mol. The van der Waals surface area contributed by atoms with Crippen LogP contribution < -0.4 is 0 Å². The molecular formula is C44H44N2O14S2. The van der Waals surface area contributed by atoms with E-state index >= 15 is 0 Å². The fourth-order valence-corrected chi connectivity index (χ4v) is 8.41. The van der Waals surface area contributed by atoms with Crippen LogP contribution in [0.4, 0.5) is 0 Å². The predicted octanol–water partition coefficient (Wildman–Crippen LogP) is 7.05. The lowest BCUT2D eigenvalue weighted by Gasteiger charge is -2.13. The molecule has 62 heavy (non-hydrogen) atoms. The normalized spacial score (nSPS) is 13.7. The van der Waals surface area contributed by atoms with Crippen LogP contribution in [0.3, 0.4) is 0 Å². The summed E-state index contributed by atoms with van der Waals surface area (Å²) in [7, 11) is -8.94. The third kappa shape index (κ3) is 10.7. The van der Waals surface area contributed by atoms with E-state index in [0.717, 1.165) is 62.5 Å². The van der Waals surface area contributed by atoms with E-state index in [0.29, 0.717) is 12.8 Å². The Balaban J connectivity index is 0.807. The van der Waals surface area contributed by atoms with E-state index in [-0.39, 0.29) is 66.5 Å². The van der Waals surface area contributed by atoms with Gasteiger partial charge in [-0.25, -0.2) is 9.59 Å². The number of imide groups is 2. The number of nitrogens with zero attached hydrogens (tertiary/aromatic N) is 2. The van der Waals surface area contributed by atoms with Crippen molar-refractivity contribution in [3.05, 3.63) is 129 Å². The maximum absolute atomic E-state index is 12.9. The molecule has 4 amide bonds. The Bertz CT molecular complexity index is 2430. The van der Waals surface area contributed by atoms with E-state index in [1.54, 1.807) is 38.1 Å². The molecule has 6 rings (SSSR count). The van der Waals surface area contributed by atoms with Gasteiger partial charge in [-0.15, -0.1) is 18.7 Å². The molecule has 0 bridgehead atoms. The molecule has 2 heterocycles. The highest BCUT2D eigenvalue weighted by Crippen LogP contribution is 2.29. The van der Waals surface area contributed by atoms with E-state index in [2.05, 4.69) is 0 Å². The average Bonchev–Trinajstić information content (AvgIpc) is 3.62. The summed E-state index contributed by atoms with van der Waals surface area (Å²) in [5, 5.41) is 0.344. The summed E-state index contributed by atoms with van der Waals surface area (Å²) in [6.07, 6.45) is 8.93. The highest BCUT2D eigenvalue weighted by atomic mass is 32.2. The third-order valence-corrected chi connectivity index (χ3v) is 12.5. The topological polar surface area (TPSA) is 214 Å². The van der Waals surface area contributed by atoms with Crippen LogP contribution in [0.2, 0.25) is 0 Å². The van der Waals surface area contributed by atoms with Crippen LogP contribution in [-0.2, 0) is 38.3 Å². The minimum absolute atomic E-state index is 0.0393. The van der Waals surface area contributed by atoms with Crippen LogP contribution in [-0.4, -0.2) is 75.7 Å². The summed E-state index contributed by atoms with van der Waals surface area (Å²) in [6, 6.07) is 19.0. The average molecular weight is 889 g/mol. The number of amides is 4. The minimum atomic E-state index is -4.47. The van der Waals surface area contributed by atoms with E-state index < -0.39 is 55.8 Å². The van der Waals surface area contributed by atoms with Gasteiger partial charge >= 0.3 is 32.2 Å². The Morgan fingerprint density at radius 3 is 1.08 bits per heavy atom. The molecule has 4 aromatic rings. The first-order valence-corrected chi connectivity index (χ1v) is 22.8. The number of hydrogen-bond acceptors (Lipinski definition) is 14. The molecule has 0 saturated carbocycles. The molecule has 0 N–H and O–H groups in total. The molecule has 0 radical (unpaired) electrons. The van der Waals surface area contributed by atoms with Gasteiger partial charge < -0.3 is 9.47 Å². The number of unbranched alkanes of at least 4 members (excludes halogenated alkanes) is 9. The van der Waals surface area contributed by atoms with Crippen molar-refractivity contribution in [3.63, 3.8) is 0 Å². The number of hydroxylamine groups is 4. The van der Waals surface area contributed by atoms with Crippen molar-refractivity contribution in [2.75, 3.05) is 13.2 Å². The SMILES string of the molecule is Cc1ccc(S(=O)(=O)ON2C(=O)c3ccc(C(=O)OCCCCCCCCCCCCOC(=O)c4ccc5c(c4)C(=O)N(OS(=O)(=O)c4ccc(C)cc4)C5=O)cc3C2=O)cc1. The van der Waals surface area contributed by atoms with E-state index in [1.165, 1.54) is 60.7 Å². The number of esters is 2. The molecule has 18 heteroatoms. The zero-order valence-corrected chi connectivity index (χ0v) is 35.6. The molecule has 16 nitrogen and oxygen atoms in total. The number of benzene rings is 4. The van der Waals surface area contributed by atoms with Crippen LogP contribution in [0.5, 0.6) is 0 Å². The Morgan fingerprint density at radius 1 is 0.435 bits per heavy atom. The first-order chi connectivity index (χ1) is 29.6. The lowest BCUT2D eigenvalue weighted by atomic mass is 10.1. The Kier molecular flexibility index (Phi) is 14.5. The Hall–Kier alpha value is -6.08. The van der Waals surface area contributed by atoms with Crippen molar-refractivity contribution < 1.29 is 63.6 Å². The second-order valence-corrected chi connectivity index (χ2v) is 17.9. The second-order valence-electron chi connectivity index (χ2n) is 14.8. The van der Waals surface area contributed by atoms with Gasteiger partial charge in [0.05, 0.1) is 56.4 Å². The molecule has 326 valence electrons. The zero-order valence-electron chi connectivity index (χ0n) is 34.0. The number of carbonyl (C=O) groups excluding carboxylic acids is 6. The molecule has 2 aliphatic rings. The quantitative estimate of drug-likeness (QED) is 0.0466. The lowest BCUT2D eigenvalue weighted by molar-refractivity contribution is -0.0107. The van der Waals surface area contributed by atoms with Crippen LogP contribution in [0.1, 0.15) is 137 Å². The Labute approximate surface area is 358 Å². The number of carbonyl (C=O) groups is 6. The van der Waals surface area contributed by atoms with Crippen molar-refractivity contribution in [3.8, 4) is 0 Å². The molecular weight excluding hydrogens is 845 g/mol. The molecule has 0 aliphatic carbocycles. The first kappa shape index (κ1) is 45.4. The summed E-state index contributed by atoms with van der Waals surface area (Å²) in [5.74, 6) is -5.31. The smallest absolute Gasteiger partial charge is 0.338 e. The van der Waals surface area contributed by atoms with Crippen molar-refractivity contribution in [2.45, 2.75) is 87.8 Å². The van der Waals surface area contributed by atoms with E-state index in [4.69, 9.17) is 18.0 Å². The number of hydrogen-bond donors (Lipinski definition) is 0. The number of aryl methyl sites for hydroxylation is 2. The molecule has 0 atom stereocenters. The molecule has 4 aromatic carbocycles. The van der Waals surface area contributed by atoms with Crippen LogP contribution in [0.25, 0.3) is 0 Å². The Morgan fingerprint density at radius 2 is 0.742 bits per heavy atom. The molecule has 0 unspecified atom stereocenters. The fraction of sp³-hybridized carbons (Fsp3) is 0.318. The summed E-state index contributed by atoms with van der Waals surface area (Å²) in [6.45, 7) is 3.87. The summed E-state index contributed by atoms with van der Waals surface area (Å²) >= 11 is 0. The van der Waals surface area contributed by atoms with Crippen LogP contribution >= 0.6 is 0 Å². The maximum Gasteiger partial charge on any atom is 0.338 e. The molecule has 0 fully saturated rings. The standard InChI is InChI=1S/C44H44N2O14S2/c1-29-13-19-33(20-14-29)61(53,54)59-45-39(47)35-23-17-31(27-37(35)41(45)49)43(51)57-25-11-9-7-5-3-4-6-8-10-12-26-58-44(52)32-18-24-36-38(28-32)42(50)46(40(36)48)60-62(55,56)34-21-15-30(2)16-22-34/h13-24,27-28H,3-12,25-26H2,1-2H3. The third-order valence-electron chi connectivity index (χ3n) is 10.1. The first-order valence-electron chi connectivity index (χ1n) is 20.0. The number of ether oxygens (including phenoxy) is 2. The lowest BCUT2D eigenvalue weighted by Crippen LogP contribution is -2.32. The van der Waals surface area contributed by atoms with Gasteiger partial charge in [-0.1, -0.05) is 86.8 Å². The van der Waals surface area contributed by atoms with Gasteiger partial charge in [-0.05, 0) is 87.4 Å². The van der Waals surface area contributed by atoms with Crippen molar-refractivity contribution in [1.29, 1.82) is 0 Å². The van der Waals surface area contributed by atoms with Gasteiger partial charge in [0.2, 0.25) is 0 Å². The highest BCUT2D eigenvalue weighted by Gasteiger charge is 2.42. The minimum Gasteiger partial charge on any atom is -0.462 e. The molecule has 2 aliphatic heterocycles. The van der Waals surface area contributed by atoms with Gasteiger partial charge in [0, 0.05) is 0 Å². The molecule has 0 spiro atoms. The van der Waals surface area contributed by atoms with Crippen LogP contribution in [0, 0.1) is 13.8 Å². The monoisotopic (exact) mass is 888 g/mol. The van der Waals surface area contributed by atoms with Crippen molar-refractivity contribution in [2.24, 2.45) is 0 Å². The maximum atomic E-state index is 12.9. The number of fused-ring (bicyclic) bond motifs is 2. The summed E-state index contributed by atoms with van der Waals surface area (Å²) < 4.78 is 71.2. The fourth-order valence-electron chi connectivity index (χ4n) is 6.63. The van der Waals surface area contributed by atoms with Gasteiger partial charge in [0.15, 0.2) is 0 Å². The summed E-state index contributed by atoms with van der Waals surface area (Å²) in [5.41, 5.74) is 1.16. The van der Waals surface area contributed by atoms with Crippen LogP contribution in [0.15, 0.2) is 94.7 Å². The van der Waals surface area contributed by atoms with Gasteiger partial charge in [0.1, 0.15) is 0 Å². The van der Waals surface area contributed by atoms with Gasteiger partial charge in [0.25, 0.3) is 23.6 Å². The second kappa shape index (κ2) is 19.7. The largest absolute Gasteiger partial charge is 0.462 e. The highest BCUT2D eigenvalue weighted by molar-refractivity contribution is 7.87. The van der Waals surface area contributed by atoms with Crippen molar-refractivity contribution in [1.82, 2.24) is 10.1 Å². The molecule has 0 aromatic heterocycles. The van der Waals surface area contributed by atoms with Gasteiger partial charge in [-0.3, -0.25) is 19.2 Å². The zero-order chi connectivity index (χ0) is 44.6. The molecule has 0 saturated heterocycles. The van der Waals surface area contributed by atoms with Gasteiger partial charge in [-0.2, -0.15) is 16.8 Å². The van der Waals surface area contributed by atoms with E-state index in [1.807, 2.05) is 0 Å². The van der Waals surface area contributed by atoms with E-state index in [9.17, 15) is 45.6 Å². The summed E-state index contributed by atoms with van der Waals surface area (Å²) in [4.78, 5) is 76.3. The van der Waals surface area contributed by atoms with Crippen molar-refractivity contribution >= 4 is 55.8 Å². The number of rotatable bonds is 21.